The molecule has 66 valence electrons. The fourth-order valence-corrected chi connectivity index (χ4v) is 1.48. The summed E-state index contributed by atoms with van der Waals surface area (Å²) in [4.78, 5) is 3.97. The minimum absolute atomic E-state index is 0.156. The van der Waals surface area contributed by atoms with Crippen LogP contribution in [-0.4, -0.2) is 10.1 Å². The number of aromatic hydroxyl groups is 1. The Labute approximate surface area is 81.1 Å². The zero-order valence-electron chi connectivity index (χ0n) is 6.64. The zero-order chi connectivity index (χ0) is 9.14. The van der Waals surface area contributed by atoms with Crippen LogP contribution < -0.4 is 0 Å². The Morgan fingerprint density at radius 3 is 2.58 bits per heavy atom. The quantitative estimate of drug-likeness (QED) is 0.754. The van der Waals surface area contributed by atoms with Crippen LogP contribution in [0.3, 0.4) is 0 Å². The summed E-state index contributed by atoms with van der Waals surface area (Å²) >= 11 is 11.3. The van der Waals surface area contributed by atoms with Crippen molar-refractivity contribution >= 4 is 23.2 Å². The summed E-state index contributed by atoms with van der Waals surface area (Å²) in [6, 6.07) is 0. The van der Waals surface area contributed by atoms with Crippen LogP contribution >= 0.6 is 23.2 Å². The fourth-order valence-electron chi connectivity index (χ4n) is 0.949. The van der Waals surface area contributed by atoms with E-state index in [1.54, 1.807) is 13.1 Å². The van der Waals surface area contributed by atoms with Crippen LogP contribution in [0.15, 0.2) is 6.20 Å². The van der Waals surface area contributed by atoms with Crippen molar-refractivity contribution in [3.05, 3.63) is 23.0 Å². The number of hydrogen-bond donors (Lipinski definition) is 1. The van der Waals surface area contributed by atoms with Gasteiger partial charge in [-0.15, -0.1) is 23.2 Å². The predicted octanol–water partition coefficient (Wildman–Crippen LogP) is 2.57. The molecular weight excluding hydrogens is 197 g/mol. The molecular formula is C8H9Cl2NO. The Bertz CT molecular complexity index is 289. The monoisotopic (exact) mass is 205 g/mol. The van der Waals surface area contributed by atoms with Crippen LogP contribution in [0.4, 0.5) is 0 Å². The number of aromatic nitrogens is 1. The van der Waals surface area contributed by atoms with Gasteiger partial charge in [0.05, 0.1) is 11.6 Å². The van der Waals surface area contributed by atoms with E-state index >= 15 is 0 Å². The lowest BCUT2D eigenvalue weighted by molar-refractivity contribution is 0.462. The molecule has 0 saturated heterocycles. The van der Waals surface area contributed by atoms with Crippen molar-refractivity contribution in [1.29, 1.82) is 0 Å². The van der Waals surface area contributed by atoms with Crippen LogP contribution in [0.25, 0.3) is 0 Å². The number of pyridine rings is 1. The summed E-state index contributed by atoms with van der Waals surface area (Å²) in [6.07, 6.45) is 1.64. The van der Waals surface area contributed by atoms with Gasteiger partial charge in [0.15, 0.2) is 0 Å². The van der Waals surface area contributed by atoms with E-state index in [1.165, 1.54) is 0 Å². The molecule has 12 heavy (non-hydrogen) atoms. The molecule has 1 rings (SSSR count). The number of rotatable bonds is 2. The minimum Gasteiger partial charge on any atom is -0.506 e. The topological polar surface area (TPSA) is 33.1 Å². The average Bonchev–Trinajstić information content (AvgIpc) is 2.09. The van der Waals surface area contributed by atoms with E-state index in [0.717, 1.165) is 5.56 Å². The van der Waals surface area contributed by atoms with E-state index < -0.39 is 0 Å². The molecule has 0 spiro atoms. The summed E-state index contributed by atoms with van der Waals surface area (Å²) in [6.45, 7) is 1.73. The van der Waals surface area contributed by atoms with E-state index in [0.29, 0.717) is 17.1 Å². The maximum absolute atomic E-state index is 9.50. The molecule has 2 nitrogen and oxygen atoms in total. The molecule has 1 aromatic rings. The number of alkyl halides is 2. The number of halogens is 2. The Kier molecular flexibility index (Phi) is 3.18. The van der Waals surface area contributed by atoms with E-state index in [1.807, 2.05) is 0 Å². The van der Waals surface area contributed by atoms with Crippen molar-refractivity contribution in [2.75, 3.05) is 0 Å². The smallest absolute Gasteiger partial charge is 0.141 e. The van der Waals surface area contributed by atoms with Crippen molar-refractivity contribution in [2.45, 2.75) is 18.7 Å². The van der Waals surface area contributed by atoms with Gasteiger partial charge in [0.2, 0.25) is 0 Å². The highest BCUT2D eigenvalue weighted by Crippen LogP contribution is 2.26. The second-order valence-corrected chi connectivity index (χ2v) is 3.00. The van der Waals surface area contributed by atoms with Gasteiger partial charge in [-0.1, -0.05) is 0 Å². The number of nitrogens with zero attached hydrogens (tertiary/aromatic N) is 1. The number of aryl methyl sites for hydroxylation is 1. The van der Waals surface area contributed by atoms with Gasteiger partial charge in [0.25, 0.3) is 0 Å². The molecule has 1 aromatic heterocycles. The molecule has 0 aliphatic rings. The normalized spacial score (nSPS) is 10.2. The molecule has 1 heterocycles. The largest absolute Gasteiger partial charge is 0.506 e. The SMILES string of the molecule is Cc1ncc(CCl)c(CCl)c1O. The highest BCUT2D eigenvalue weighted by atomic mass is 35.5. The maximum Gasteiger partial charge on any atom is 0.141 e. The molecule has 0 aliphatic carbocycles. The van der Waals surface area contributed by atoms with Gasteiger partial charge < -0.3 is 5.11 Å². The average molecular weight is 206 g/mol. The Morgan fingerprint density at radius 1 is 1.42 bits per heavy atom. The van der Waals surface area contributed by atoms with E-state index in [-0.39, 0.29) is 11.6 Å². The third kappa shape index (κ3) is 1.65. The first kappa shape index (κ1) is 9.62. The highest BCUT2D eigenvalue weighted by molar-refractivity contribution is 6.18. The van der Waals surface area contributed by atoms with Gasteiger partial charge in [-0.2, -0.15) is 0 Å². The molecule has 0 saturated carbocycles. The van der Waals surface area contributed by atoms with Gasteiger partial charge in [-0.25, -0.2) is 0 Å². The van der Waals surface area contributed by atoms with Crippen molar-refractivity contribution in [1.82, 2.24) is 4.98 Å². The molecule has 4 heteroatoms. The standard InChI is InChI=1S/C8H9Cl2NO/c1-5-8(12)7(3-10)6(2-9)4-11-5/h4,12H,2-3H2,1H3. The molecule has 0 unspecified atom stereocenters. The first-order chi connectivity index (χ1) is 5.70. The van der Waals surface area contributed by atoms with Crippen LogP contribution in [0.5, 0.6) is 5.75 Å². The van der Waals surface area contributed by atoms with Crippen molar-refractivity contribution in [2.24, 2.45) is 0 Å². The van der Waals surface area contributed by atoms with Crippen molar-refractivity contribution < 1.29 is 5.11 Å². The van der Waals surface area contributed by atoms with Crippen molar-refractivity contribution in [3.63, 3.8) is 0 Å². The predicted molar refractivity (Wildman–Crippen MR) is 49.8 cm³/mol. The lowest BCUT2D eigenvalue weighted by Crippen LogP contribution is -1.94. The number of hydrogen-bond acceptors (Lipinski definition) is 2. The third-order valence-electron chi connectivity index (χ3n) is 1.71. The van der Waals surface area contributed by atoms with E-state index in [9.17, 15) is 5.11 Å². The van der Waals surface area contributed by atoms with Crippen LogP contribution in [0, 0.1) is 6.92 Å². The van der Waals surface area contributed by atoms with Gasteiger partial charge >= 0.3 is 0 Å². The van der Waals surface area contributed by atoms with Crippen molar-refractivity contribution in [3.8, 4) is 5.75 Å². The molecule has 0 fully saturated rings. The van der Waals surface area contributed by atoms with Gasteiger partial charge in [-0.05, 0) is 12.5 Å². The molecule has 0 aromatic carbocycles. The molecule has 0 radical (unpaired) electrons. The Balaban J connectivity index is 3.25. The molecule has 0 amide bonds. The Hall–Kier alpha value is -0.470. The first-order valence-electron chi connectivity index (χ1n) is 3.49. The highest BCUT2D eigenvalue weighted by Gasteiger charge is 2.09. The second kappa shape index (κ2) is 3.97. The van der Waals surface area contributed by atoms with Gasteiger partial charge in [0, 0.05) is 17.6 Å². The fraction of sp³-hybridized carbons (Fsp3) is 0.375. The third-order valence-corrected chi connectivity index (χ3v) is 2.26. The van der Waals surface area contributed by atoms with Gasteiger partial charge in [0.1, 0.15) is 5.75 Å². The van der Waals surface area contributed by atoms with Crippen LogP contribution in [-0.2, 0) is 11.8 Å². The first-order valence-corrected chi connectivity index (χ1v) is 4.55. The Morgan fingerprint density at radius 2 is 2.08 bits per heavy atom. The molecule has 0 bridgehead atoms. The lowest BCUT2D eigenvalue weighted by atomic mass is 10.1. The molecule has 1 N–H and O–H groups in total. The second-order valence-electron chi connectivity index (χ2n) is 2.46. The van der Waals surface area contributed by atoms with Crippen LogP contribution in [0.1, 0.15) is 16.8 Å². The molecule has 0 atom stereocenters. The summed E-state index contributed by atoms with van der Waals surface area (Å²) < 4.78 is 0. The van der Waals surface area contributed by atoms with E-state index in [2.05, 4.69) is 4.98 Å². The zero-order valence-corrected chi connectivity index (χ0v) is 8.15. The van der Waals surface area contributed by atoms with E-state index in [4.69, 9.17) is 23.2 Å². The summed E-state index contributed by atoms with van der Waals surface area (Å²) in [5.41, 5.74) is 2.05. The summed E-state index contributed by atoms with van der Waals surface area (Å²) in [5, 5.41) is 9.50. The minimum atomic E-state index is 0.156. The summed E-state index contributed by atoms with van der Waals surface area (Å²) in [7, 11) is 0. The van der Waals surface area contributed by atoms with Crippen LogP contribution in [0.2, 0.25) is 0 Å². The van der Waals surface area contributed by atoms with Gasteiger partial charge in [-0.3, -0.25) is 4.98 Å². The summed E-state index contributed by atoms with van der Waals surface area (Å²) in [5.74, 6) is 0.739. The lowest BCUT2D eigenvalue weighted by Gasteiger charge is -2.07. The molecule has 0 aliphatic heterocycles. The maximum atomic E-state index is 9.50.